The SMILES string of the molecule is CC(C)C(NC(=O)c1ccc(NC(=O)C2CC2)s1)C(=O)O. The smallest absolute Gasteiger partial charge is 0.326 e. The minimum Gasteiger partial charge on any atom is -0.480 e. The summed E-state index contributed by atoms with van der Waals surface area (Å²) in [5.41, 5.74) is 0. The summed E-state index contributed by atoms with van der Waals surface area (Å²) in [5, 5.41) is 14.9. The Kier molecular flexibility index (Phi) is 4.62. The first-order chi connectivity index (χ1) is 9.88. The van der Waals surface area contributed by atoms with E-state index in [-0.39, 0.29) is 17.7 Å². The van der Waals surface area contributed by atoms with E-state index in [0.717, 1.165) is 24.2 Å². The summed E-state index contributed by atoms with van der Waals surface area (Å²) < 4.78 is 0. The molecule has 0 saturated heterocycles. The topological polar surface area (TPSA) is 95.5 Å². The monoisotopic (exact) mass is 310 g/mol. The van der Waals surface area contributed by atoms with Crippen LogP contribution in [0.4, 0.5) is 5.00 Å². The zero-order valence-electron chi connectivity index (χ0n) is 11.9. The minimum atomic E-state index is -1.06. The van der Waals surface area contributed by atoms with Gasteiger partial charge in [-0.2, -0.15) is 0 Å². The predicted octanol–water partition coefficient (Wildman–Crippen LogP) is 1.94. The molecule has 1 aliphatic carbocycles. The van der Waals surface area contributed by atoms with Gasteiger partial charge in [0.1, 0.15) is 6.04 Å². The van der Waals surface area contributed by atoms with Crippen LogP contribution in [-0.2, 0) is 9.59 Å². The van der Waals surface area contributed by atoms with E-state index in [2.05, 4.69) is 10.6 Å². The number of carboxylic acid groups (broad SMARTS) is 1. The number of carbonyl (C=O) groups is 3. The molecule has 1 aromatic rings. The Bertz CT molecular complexity index is 563. The molecule has 114 valence electrons. The van der Waals surface area contributed by atoms with Crippen molar-refractivity contribution in [2.45, 2.75) is 32.7 Å². The van der Waals surface area contributed by atoms with Crippen molar-refractivity contribution in [2.24, 2.45) is 11.8 Å². The number of nitrogens with one attached hydrogen (secondary N) is 2. The molecule has 7 heteroatoms. The van der Waals surface area contributed by atoms with Crippen molar-refractivity contribution < 1.29 is 19.5 Å². The number of hydrogen-bond donors (Lipinski definition) is 3. The summed E-state index contributed by atoms with van der Waals surface area (Å²) in [6, 6.07) is 2.32. The fourth-order valence-electron chi connectivity index (χ4n) is 1.82. The average molecular weight is 310 g/mol. The van der Waals surface area contributed by atoms with Crippen LogP contribution in [0.3, 0.4) is 0 Å². The van der Waals surface area contributed by atoms with Crippen LogP contribution in [0, 0.1) is 11.8 Å². The number of rotatable bonds is 6. The highest BCUT2D eigenvalue weighted by molar-refractivity contribution is 7.18. The summed E-state index contributed by atoms with van der Waals surface area (Å²) in [7, 11) is 0. The van der Waals surface area contributed by atoms with E-state index in [0.29, 0.717) is 9.88 Å². The minimum absolute atomic E-state index is 0.0191. The average Bonchev–Trinajstić information content (AvgIpc) is 3.16. The number of hydrogen-bond acceptors (Lipinski definition) is 4. The fourth-order valence-corrected chi connectivity index (χ4v) is 2.63. The molecule has 1 aliphatic rings. The first kappa shape index (κ1) is 15.5. The molecule has 0 radical (unpaired) electrons. The molecule has 2 amide bonds. The van der Waals surface area contributed by atoms with E-state index in [1.54, 1.807) is 26.0 Å². The lowest BCUT2D eigenvalue weighted by atomic mass is 10.0. The third-order valence-corrected chi connectivity index (χ3v) is 4.24. The van der Waals surface area contributed by atoms with Crippen molar-refractivity contribution in [3.8, 4) is 0 Å². The van der Waals surface area contributed by atoms with Gasteiger partial charge in [0.2, 0.25) is 5.91 Å². The van der Waals surface area contributed by atoms with Crippen molar-refractivity contribution in [2.75, 3.05) is 5.32 Å². The Morgan fingerprint density at radius 1 is 1.29 bits per heavy atom. The van der Waals surface area contributed by atoms with Crippen LogP contribution >= 0.6 is 11.3 Å². The van der Waals surface area contributed by atoms with Crippen LogP contribution in [0.1, 0.15) is 36.4 Å². The molecule has 1 unspecified atom stereocenters. The standard InChI is InChI=1S/C14H18N2O4S/c1-7(2)11(14(19)20)16-13(18)9-5-6-10(21-9)15-12(17)8-3-4-8/h5-8,11H,3-4H2,1-2H3,(H,15,17)(H,16,18)(H,19,20). The zero-order valence-corrected chi connectivity index (χ0v) is 12.7. The normalized spacial score (nSPS) is 15.6. The van der Waals surface area contributed by atoms with E-state index in [1.165, 1.54) is 0 Å². The van der Waals surface area contributed by atoms with Crippen LogP contribution in [-0.4, -0.2) is 28.9 Å². The highest BCUT2D eigenvalue weighted by Gasteiger charge is 2.30. The summed E-state index contributed by atoms with van der Waals surface area (Å²) in [6.07, 6.45) is 1.83. The third-order valence-electron chi connectivity index (χ3n) is 3.24. The molecule has 3 N–H and O–H groups in total. The van der Waals surface area contributed by atoms with Crippen molar-refractivity contribution in [3.63, 3.8) is 0 Å². The number of amides is 2. The Morgan fingerprint density at radius 3 is 2.48 bits per heavy atom. The molecule has 1 aromatic heterocycles. The van der Waals surface area contributed by atoms with E-state index < -0.39 is 17.9 Å². The largest absolute Gasteiger partial charge is 0.480 e. The lowest BCUT2D eigenvalue weighted by Crippen LogP contribution is -2.44. The van der Waals surface area contributed by atoms with E-state index in [1.807, 2.05) is 0 Å². The number of anilines is 1. The molecular weight excluding hydrogens is 292 g/mol. The zero-order chi connectivity index (χ0) is 15.6. The van der Waals surface area contributed by atoms with Gasteiger partial charge < -0.3 is 15.7 Å². The van der Waals surface area contributed by atoms with Gasteiger partial charge in [0.05, 0.1) is 9.88 Å². The Balaban J connectivity index is 1.97. The maximum atomic E-state index is 12.0. The van der Waals surface area contributed by atoms with Gasteiger partial charge >= 0.3 is 5.97 Å². The number of carbonyl (C=O) groups excluding carboxylic acids is 2. The first-order valence-corrected chi connectivity index (χ1v) is 7.64. The Labute approximate surface area is 126 Å². The molecule has 1 atom stereocenters. The molecule has 0 aliphatic heterocycles. The van der Waals surface area contributed by atoms with Gasteiger partial charge in [0.25, 0.3) is 5.91 Å². The van der Waals surface area contributed by atoms with Crippen molar-refractivity contribution >= 4 is 34.1 Å². The van der Waals surface area contributed by atoms with Gasteiger partial charge in [0, 0.05) is 5.92 Å². The van der Waals surface area contributed by atoms with Gasteiger partial charge in [-0.15, -0.1) is 11.3 Å². The van der Waals surface area contributed by atoms with Crippen LogP contribution in [0.2, 0.25) is 0 Å². The summed E-state index contributed by atoms with van der Waals surface area (Å²) in [6.45, 7) is 3.46. The van der Waals surface area contributed by atoms with E-state index in [9.17, 15) is 14.4 Å². The summed E-state index contributed by atoms with van der Waals surface area (Å²) in [5.74, 6) is -1.62. The molecule has 0 bridgehead atoms. The van der Waals surface area contributed by atoms with Gasteiger partial charge in [-0.1, -0.05) is 13.8 Å². The molecule has 21 heavy (non-hydrogen) atoms. The van der Waals surface area contributed by atoms with Crippen LogP contribution in [0.25, 0.3) is 0 Å². The highest BCUT2D eigenvalue weighted by Crippen LogP contribution is 2.31. The number of thiophene rings is 1. The molecular formula is C14H18N2O4S. The maximum Gasteiger partial charge on any atom is 0.326 e. The Hall–Kier alpha value is -1.89. The molecule has 1 fully saturated rings. The molecule has 1 heterocycles. The van der Waals surface area contributed by atoms with Crippen molar-refractivity contribution in [1.29, 1.82) is 0 Å². The van der Waals surface area contributed by atoms with Crippen molar-refractivity contribution in [3.05, 3.63) is 17.0 Å². The lowest BCUT2D eigenvalue weighted by molar-refractivity contribution is -0.140. The quantitative estimate of drug-likeness (QED) is 0.748. The molecule has 6 nitrogen and oxygen atoms in total. The predicted molar refractivity (Wildman–Crippen MR) is 79.4 cm³/mol. The fraction of sp³-hybridized carbons (Fsp3) is 0.500. The first-order valence-electron chi connectivity index (χ1n) is 6.83. The van der Waals surface area contributed by atoms with E-state index in [4.69, 9.17) is 5.11 Å². The second-order valence-electron chi connectivity index (χ2n) is 5.46. The second-order valence-corrected chi connectivity index (χ2v) is 6.54. The van der Waals surface area contributed by atoms with Gasteiger partial charge in [-0.25, -0.2) is 4.79 Å². The molecule has 0 aromatic carbocycles. The molecule has 1 saturated carbocycles. The number of carboxylic acids is 1. The second kappa shape index (κ2) is 6.26. The molecule has 0 spiro atoms. The third kappa shape index (κ3) is 4.04. The number of aliphatic carboxylic acids is 1. The van der Waals surface area contributed by atoms with Gasteiger partial charge in [-0.05, 0) is 30.9 Å². The van der Waals surface area contributed by atoms with Gasteiger partial charge in [-0.3, -0.25) is 9.59 Å². The summed E-state index contributed by atoms with van der Waals surface area (Å²) in [4.78, 5) is 35.1. The Morgan fingerprint density at radius 2 is 1.95 bits per heavy atom. The van der Waals surface area contributed by atoms with Crippen LogP contribution in [0.5, 0.6) is 0 Å². The van der Waals surface area contributed by atoms with Crippen LogP contribution < -0.4 is 10.6 Å². The summed E-state index contributed by atoms with van der Waals surface area (Å²) >= 11 is 1.14. The highest BCUT2D eigenvalue weighted by atomic mass is 32.1. The molecule has 2 rings (SSSR count). The maximum absolute atomic E-state index is 12.0. The van der Waals surface area contributed by atoms with Crippen molar-refractivity contribution in [1.82, 2.24) is 5.32 Å². The van der Waals surface area contributed by atoms with E-state index >= 15 is 0 Å². The lowest BCUT2D eigenvalue weighted by Gasteiger charge is -2.17. The van der Waals surface area contributed by atoms with Gasteiger partial charge in [0.15, 0.2) is 0 Å². The van der Waals surface area contributed by atoms with Crippen LogP contribution in [0.15, 0.2) is 12.1 Å².